The summed E-state index contributed by atoms with van der Waals surface area (Å²) >= 11 is 0. The van der Waals surface area contributed by atoms with Crippen molar-refractivity contribution in [2.24, 2.45) is 0 Å². The van der Waals surface area contributed by atoms with Crippen molar-refractivity contribution in [1.29, 1.82) is 0 Å². The molecule has 0 aromatic heterocycles. The van der Waals surface area contributed by atoms with E-state index >= 15 is 0 Å². The van der Waals surface area contributed by atoms with E-state index in [9.17, 15) is 9.59 Å². The summed E-state index contributed by atoms with van der Waals surface area (Å²) in [6.07, 6.45) is 0. The van der Waals surface area contributed by atoms with E-state index in [1.165, 1.54) is 6.92 Å². The number of hydrogen-bond donors (Lipinski definition) is 3. The molecular formula is C23H23N3O2. The maximum Gasteiger partial charge on any atom is 0.251 e. The van der Waals surface area contributed by atoms with Crippen LogP contribution in [0.4, 0.5) is 17.1 Å². The molecule has 142 valence electrons. The van der Waals surface area contributed by atoms with Crippen molar-refractivity contribution in [3.8, 4) is 0 Å². The van der Waals surface area contributed by atoms with Gasteiger partial charge in [0, 0.05) is 24.0 Å². The molecule has 0 radical (unpaired) electrons. The van der Waals surface area contributed by atoms with Gasteiger partial charge in [-0.15, -0.1) is 0 Å². The lowest BCUT2D eigenvalue weighted by atomic mass is 10.1. The summed E-state index contributed by atoms with van der Waals surface area (Å²) in [6, 6.07) is 23.9. The third-order valence-corrected chi connectivity index (χ3v) is 4.21. The zero-order chi connectivity index (χ0) is 19.9. The zero-order valence-corrected chi connectivity index (χ0v) is 15.9. The highest BCUT2D eigenvalue weighted by atomic mass is 16.2. The molecule has 0 saturated heterocycles. The molecule has 0 bridgehead atoms. The third kappa shape index (κ3) is 5.20. The molecule has 0 spiro atoms. The lowest BCUT2D eigenvalue weighted by Gasteiger charge is -2.20. The van der Waals surface area contributed by atoms with Crippen LogP contribution in [0.15, 0.2) is 78.9 Å². The lowest BCUT2D eigenvalue weighted by molar-refractivity contribution is -0.117. The fraction of sp³-hybridized carbons (Fsp3) is 0.130. The van der Waals surface area contributed by atoms with Crippen LogP contribution in [0.2, 0.25) is 0 Å². The van der Waals surface area contributed by atoms with Crippen LogP contribution in [0.5, 0.6) is 0 Å². The van der Waals surface area contributed by atoms with Gasteiger partial charge in [-0.05, 0) is 42.8 Å². The highest BCUT2D eigenvalue weighted by molar-refractivity contribution is 5.97. The molecule has 5 heteroatoms. The fourth-order valence-electron chi connectivity index (χ4n) is 2.85. The smallest absolute Gasteiger partial charge is 0.251 e. The predicted molar refractivity (Wildman–Crippen MR) is 113 cm³/mol. The number of nitrogens with one attached hydrogen (secondary N) is 3. The molecule has 0 unspecified atom stereocenters. The number of carbonyl (C=O) groups excluding carboxylic acids is 2. The second-order valence-electron chi connectivity index (χ2n) is 6.61. The van der Waals surface area contributed by atoms with Gasteiger partial charge in [0.1, 0.15) is 6.04 Å². The van der Waals surface area contributed by atoms with E-state index in [1.54, 1.807) is 12.1 Å². The lowest BCUT2D eigenvalue weighted by Crippen LogP contribution is -2.27. The molecule has 0 heterocycles. The van der Waals surface area contributed by atoms with Crippen molar-refractivity contribution < 1.29 is 9.59 Å². The normalized spacial score (nSPS) is 11.4. The van der Waals surface area contributed by atoms with Gasteiger partial charge >= 0.3 is 0 Å². The Kier molecular flexibility index (Phi) is 6.07. The van der Waals surface area contributed by atoms with Crippen molar-refractivity contribution in [3.05, 3.63) is 90.0 Å². The van der Waals surface area contributed by atoms with Crippen molar-refractivity contribution in [1.82, 2.24) is 0 Å². The molecule has 3 aromatic carbocycles. The van der Waals surface area contributed by atoms with Crippen LogP contribution >= 0.6 is 0 Å². The number of aryl methyl sites for hydroxylation is 1. The minimum atomic E-state index is -0.588. The Balaban J connectivity index is 1.84. The van der Waals surface area contributed by atoms with Gasteiger partial charge in [0.2, 0.25) is 5.91 Å². The molecule has 0 saturated carbocycles. The number of anilines is 3. The van der Waals surface area contributed by atoms with E-state index in [-0.39, 0.29) is 11.8 Å². The van der Waals surface area contributed by atoms with Crippen molar-refractivity contribution in [2.45, 2.75) is 19.9 Å². The molecule has 28 heavy (non-hydrogen) atoms. The molecule has 2 amide bonds. The number of amides is 2. The Bertz CT molecular complexity index is 953. The Hall–Kier alpha value is -3.60. The van der Waals surface area contributed by atoms with Gasteiger partial charge in [0.25, 0.3) is 5.91 Å². The molecular weight excluding hydrogens is 350 g/mol. The summed E-state index contributed by atoms with van der Waals surface area (Å²) in [7, 11) is 0. The SMILES string of the molecule is CC(=O)Nc1cccc(N[C@H](C(=O)Nc2ccc(C)cc2)c2ccccc2)c1. The minimum absolute atomic E-state index is 0.145. The standard InChI is InChI=1S/C23H23N3O2/c1-16-11-13-19(14-12-16)26-23(28)22(18-7-4-3-5-8-18)25-21-10-6-9-20(15-21)24-17(2)27/h3-15,22,25H,1-2H3,(H,24,27)(H,26,28)/t22-/m0/s1. The van der Waals surface area contributed by atoms with Crippen molar-refractivity contribution in [3.63, 3.8) is 0 Å². The Labute approximate surface area is 164 Å². The molecule has 0 aliphatic carbocycles. The van der Waals surface area contributed by atoms with Gasteiger partial charge in [0.05, 0.1) is 0 Å². The second-order valence-corrected chi connectivity index (χ2v) is 6.61. The van der Waals surface area contributed by atoms with Gasteiger partial charge in [0.15, 0.2) is 0 Å². The average molecular weight is 373 g/mol. The van der Waals surface area contributed by atoms with Crippen LogP contribution in [0.3, 0.4) is 0 Å². The number of carbonyl (C=O) groups is 2. The molecule has 0 aliphatic heterocycles. The average Bonchev–Trinajstić information content (AvgIpc) is 2.68. The molecule has 3 aromatic rings. The van der Waals surface area contributed by atoms with Gasteiger partial charge in [-0.25, -0.2) is 0 Å². The number of rotatable bonds is 6. The maximum absolute atomic E-state index is 13.0. The molecule has 0 fully saturated rings. The monoisotopic (exact) mass is 373 g/mol. The summed E-state index contributed by atoms with van der Waals surface area (Å²) in [5.74, 6) is -0.311. The Morgan fingerprint density at radius 3 is 2.11 bits per heavy atom. The van der Waals surface area contributed by atoms with E-state index in [0.29, 0.717) is 5.69 Å². The summed E-state index contributed by atoms with van der Waals surface area (Å²) in [6.45, 7) is 3.46. The highest BCUT2D eigenvalue weighted by Gasteiger charge is 2.20. The highest BCUT2D eigenvalue weighted by Crippen LogP contribution is 2.24. The summed E-state index contributed by atoms with van der Waals surface area (Å²) in [4.78, 5) is 24.3. The topological polar surface area (TPSA) is 70.2 Å². The van der Waals surface area contributed by atoms with Crippen LogP contribution in [-0.4, -0.2) is 11.8 Å². The minimum Gasteiger partial charge on any atom is -0.370 e. The molecule has 3 N–H and O–H groups in total. The van der Waals surface area contributed by atoms with Gasteiger partial charge in [-0.2, -0.15) is 0 Å². The first-order valence-electron chi connectivity index (χ1n) is 9.08. The number of hydrogen-bond acceptors (Lipinski definition) is 3. The Morgan fingerprint density at radius 1 is 0.750 bits per heavy atom. The molecule has 3 rings (SSSR count). The van der Waals surface area contributed by atoms with Crippen molar-refractivity contribution in [2.75, 3.05) is 16.0 Å². The van der Waals surface area contributed by atoms with Crippen LogP contribution in [0.25, 0.3) is 0 Å². The van der Waals surface area contributed by atoms with E-state index < -0.39 is 6.04 Å². The van der Waals surface area contributed by atoms with Crippen LogP contribution in [0, 0.1) is 6.92 Å². The summed E-state index contributed by atoms with van der Waals surface area (Å²) < 4.78 is 0. The quantitative estimate of drug-likeness (QED) is 0.584. The molecule has 1 atom stereocenters. The van der Waals surface area contributed by atoms with Gasteiger partial charge in [-0.1, -0.05) is 54.1 Å². The van der Waals surface area contributed by atoms with Crippen LogP contribution < -0.4 is 16.0 Å². The van der Waals surface area contributed by atoms with Gasteiger partial charge < -0.3 is 16.0 Å². The fourth-order valence-corrected chi connectivity index (χ4v) is 2.85. The molecule has 5 nitrogen and oxygen atoms in total. The van der Waals surface area contributed by atoms with E-state index in [0.717, 1.165) is 22.5 Å². The summed E-state index contributed by atoms with van der Waals surface area (Å²) in [5, 5.41) is 8.99. The van der Waals surface area contributed by atoms with E-state index in [2.05, 4.69) is 16.0 Å². The first-order valence-corrected chi connectivity index (χ1v) is 9.08. The van der Waals surface area contributed by atoms with Gasteiger partial charge in [-0.3, -0.25) is 9.59 Å². The summed E-state index contributed by atoms with van der Waals surface area (Å²) in [5.41, 5.74) is 4.12. The van der Waals surface area contributed by atoms with E-state index in [1.807, 2.05) is 73.7 Å². The zero-order valence-electron chi connectivity index (χ0n) is 15.9. The van der Waals surface area contributed by atoms with E-state index in [4.69, 9.17) is 0 Å². The second kappa shape index (κ2) is 8.86. The maximum atomic E-state index is 13.0. The number of benzene rings is 3. The van der Waals surface area contributed by atoms with Crippen LogP contribution in [0.1, 0.15) is 24.1 Å². The first-order chi connectivity index (χ1) is 13.5. The predicted octanol–water partition coefficient (Wildman–Crippen LogP) is 4.75. The molecule has 0 aliphatic rings. The largest absolute Gasteiger partial charge is 0.370 e. The van der Waals surface area contributed by atoms with Crippen molar-refractivity contribution >= 4 is 28.9 Å². The third-order valence-electron chi connectivity index (χ3n) is 4.21. The first kappa shape index (κ1) is 19.2. The Morgan fingerprint density at radius 2 is 1.43 bits per heavy atom. The van der Waals surface area contributed by atoms with Crippen LogP contribution in [-0.2, 0) is 9.59 Å².